The minimum Gasteiger partial charge on any atom is -0.370 e. The lowest BCUT2D eigenvalue weighted by atomic mass is 10.0. The highest BCUT2D eigenvalue weighted by Crippen LogP contribution is 2.07. The number of unbranched alkanes of at least 4 members (excludes halogenated alkanes) is 1. The molecule has 0 aliphatic heterocycles. The first kappa shape index (κ1) is 39.8. The predicted octanol–water partition coefficient (Wildman–Crippen LogP) is -4.35. The molecule has 0 aromatic rings. The van der Waals surface area contributed by atoms with E-state index < -0.39 is 59.7 Å². The lowest BCUT2D eigenvalue weighted by Crippen LogP contribution is -2.59. The highest BCUT2D eigenvalue weighted by Gasteiger charge is 2.31. The van der Waals surface area contributed by atoms with Crippen molar-refractivity contribution in [1.29, 1.82) is 0 Å². The summed E-state index contributed by atoms with van der Waals surface area (Å²) in [6, 6.07) is -5.05. The van der Waals surface area contributed by atoms with E-state index in [1.54, 1.807) is 13.8 Å². The number of primary amides is 1. The van der Waals surface area contributed by atoms with Gasteiger partial charge in [-0.25, -0.2) is 0 Å². The number of hydrogen-bond acceptors (Lipinski definition) is 9. The van der Waals surface area contributed by atoms with Crippen LogP contribution in [-0.4, -0.2) is 91.3 Å². The molecule has 0 aromatic heterocycles. The maximum Gasteiger partial charge on any atom is 0.243 e. The maximum atomic E-state index is 13.2. The second-order valence-corrected chi connectivity index (χ2v) is 10.8. The Morgan fingerprint density at radius 1 is 0.614 bits per heavy atom. The average molecular weight is 628 g/mol. The smallest absolute Gasteiger partial charge is 0.243 e. The summed E-state index contributed by atoms with van der Waals surface area (Å²) in [6.07, 6.45) is 2.70. The molecule has 0 saturated carbocycles. The van der Waals surface area contributed by atoms with Gasteiger partial charge in [0.05, 0.1) is 6.04 Å². The second kappa shape index (κ2) is 21.5. The van der Waals surface area contributed by atoms with Crippen molar-refractivity contribution in [3.8, 4) is 0 Å². The monoisotopic (exact) mass is 627 g/mol. The molecule has 18 nitrogen and oxygen atoms in total. The number of guanidine groups is 2. The Morgan fingerprint density at radius 2 is 1.14 bits per heavy atom. The third-order valence-electron chi connectivity index (χ3n) is 6.49. The van der Waals surface area contributed by atoms with Gasteiger partial charge in [-0.3, -0.25) is 34.0 Å². The molecule has 0 aromatic carbocycles. The van der Waals surface area contributed by atoms with E-state index in [2.05, 4.69) is 31.3 Å². The van der Waals surface area contributed by atoms with E-state index in [-0.39, 0.29) is 43.8 Å². The van der Waals surface area contributed by atoms with Crippen molar-refractivity contribution in [2.75, 3.05) is 19.6 Å². The highest BCUT2D eigenvalue weighted by atomic mass is 16.2. The summed E-state index contributed by atoms with van der Waals surface area (Å²) in [5.74, 6) is -3.76. The van der Waals surface area contributed by atoms with Gasteiger partial charge in [0.15, 0.2) is 11.9 Å². The van der Waals surface area contributed by atoms with Gasteiger partial charge in [-0.1, -0.05) is 13.8 Å². The summed E-state index contributed by atoms with van der Waals surface area (Å²) in [4.78, 5) is 71.4. The summed E-state index contributed by atoms with van der Waals surface area (Å²) >= 11 is 0. The first-order chi connectivity index (χ1) is 20.6. The minimum absolute atomic E-state index is 0.0767. The van der Waals surface area contributed by atoms with Gasteiger partial charge in [-0.05, 0) is 64.3 Å². The number of rotatable bonds is 22. The maximum absolute atomic E-state index is 13.2. The lowest BCUT2D eigenvalue weighted by molar-refractivity contribution is -0.135. The fourth-order valence-corrected chi connectivity index (χ4v) is 3.93. The van der Waals surface area contributed by atoms with Crippen LogP contribution in [0.3, 0.4) is 0 Å². The molecule has 0 unspecified atom stereocenters. The number of aliphatic imine (C=N–C) groups is 2. The Morgan fingerprint density at radius 3 is 1.64 bits per heavy atom. The van der Waals surface area contributed by atoms with E-state index >= 15 is 0 Å². The summed E-state index contributed by atoms with van der Waals surface area (Å²) in [7, 11) is 0. The van der Waals surface area contributed by atoms with Gasteiger partial charge in [0.2, 0.25) is 29.5 Å². The number of nitrogens with one attached hydrogen (secondary N) is 4. The number of hydrogen-bond donors (Lipinski definition) is 11. The predicted molar refractivity (Wildman–Crippen MR) is 168 cm³/mol. The van der Waals surface area contributed by atoms with Crippen molar-refractivity contribution in [1.82, 2.24) is 21.3 Å². The van der Waals surface area contributed by atoms with E-state index in [4.69, 9.17) is 40.1 Å². The van der Waals surface area contributed by atoms with Gasteiger partial charge in [0.1, 0.15) is 24.2 Å². The molecule has 0 aliphatic carbocycles. The number of amides is 5. The highest BCUT2D eigenvalue weighted by molar-refractivity contribution is 5.95. The van der Waals surface area contributed by atoms with Crippen LogP contribution in [0.4, 0.5) is 0 Å². The van der Waals surface area contributed by atoms with Crippen molar-refractivity contribution in [2.24, 2.45) is 56.0 Å². The summed E-state index contributed by atoms with van der Waals surface area (Å²) in [5.41, 5.74) is 38.2. The molecule has 5 atom stereocenters. The van der Waals surface area contributed by atoms with Crippen molar-refractivity contribution in [3.05, 3.63) is 0 Å². The molecule has 18 heteroatoms. The quantitative estimate of drug-likeness (QED) is 0.0309. The molecule has 0 aliphatic rings. The summed E-state index contributed by atoms with van der Waals surface area (Å²) < 4.78 is 0. The van der Waals surface area contributed by atoms with Crippen LogP contribution in [0.2, 0.25) is 0 Å². The van der Waals surface area contributed by atoms with Gasteiger partial charge in [0.25, 0.3) is 0 Å². The van der Waals surface area contributed by atoms with Gasteiger partial charge in [-0.15, -0.1) is 0 Å². The molecule has 0 heterocycles. The Kier molecular flexibility index (Phi) is 19.4. The van der Waals surface area contributed by atoms with Gasteiger partial charge >= 0.3 is 0 Å². The first-order valence-electron chi connectivity index (χ1n) is 14.7. The fourth-order valence-electron chi connectivity index (χ4n) is 3.93. The Balaban J connectivity index is 5.43. The number of carbonyl (C=O) groups excluding carboxylic acids is 5. The van der Waals surface area contributed by atoms with Crippen LogP contribution in [-0.2, 0) is 24.0 Å². The number of carbonyl (C=O) groups is 5. The molecule has 0 saturated heterocycles. The summed E-state index contributed by atoms with van der Waals surface area (Å²) in [6.45, 7) is 5.77. The van der Waals surface area contributed by atoms with E-state index in [1.807, 2.05) is 0 Å². The molecule has 0 spiro atoms. The molecule has 0 bridgehead atoms. The van der Waals surface area contributed by atoms with Crippen molar-refractivity contribution in [3.63, 3.8) is 0 Å². The molecule has 5 amide bonds. The number of nitrogens with two attached hydrogens (primary N) is 7. The van der Waals surface area contributed by atoms with Crippen LogP contribution < -0.4 is 61.4 Å². The van der Waals surface area contributed by atoms with Crippen LogP contribution in [0.15, 0.2) is 9.98 Å². The molecular formula is C26H53N13O5. The Hall–Kier alpha value is -4.19. The summed E-state index contributed by atoms with van der Waals surface area (Å²) in [5, 5.41) is 10.4. The van der Waals surface area contributed by atoms with E-state index in [9.17, 15) is 24.0 Å². The van der Waals surface area contributed by atoms with Crippen LogP contribution in [0, 0.1) is 5.92 Å². The molecular weight excluding hydrogens is 574 g/mol. The van der Waals surface area contributed by atoms with Crippen LogP contribution in [0.25, 0.3) is 0 Å². The molecule has 252 valence electrons. The third-order valence-corrected chi connectivity index (χ3v) is 6.49. The minimum atomic E-state index is -1.10. The van der Waals surface area contributed by atoms with Crippen LogP contribution in [0.1, 0.15) is 65.7 Å². The molecule has 0 radical (unpaired) electrons. The normalized spacial score (nSPS) is 14.2. The SMILES string of the molecule is CC(C)[C@H](NC(=O)[C@H](C)NC(=O)[C@@H](CCCN=C(N)N)NC(=O)[C@H](N)CCCN=C(N)N)C(=O)N[C@H](CCCCN)C(N)=O. The number of nitrogens with zero attached hydrogens (tertiary/aromatic N) is 2. The van der Waals surface area contributed by atoms with Crippen molar-refractivity contribution < 1.29 is 24.0 Å². The van der Waals surface area contributed by atoms with Crippen LogP contribution in [0.5, 0.6) is 0 Å². The van der Waals surface area contributed by atoms with Gasteiger partial charge in [-0.2, -0.15) is 0 Å². The largest absolute Gasteiger partial charge is 0.370 e. The molecule has 0 fully saturated rings. The zero-order valence-electron chi connectivity index (χ0n) is 26.0. The van der Waals surface area contributed by atoms with E-state index in [0.29, 0.717) is 38.6 Å². The fraction of sp³-hybridized carbons (Fsp3) is 0.731. The standard InChI is InChI=1S/C26H53N13O5/c1-14(2)19(24(44)37-17(20(29)40)9-4-5-11-27)39-21(41)15(3)36-23(43)18(10-7-13-35-26(32)33)38-22(42)16(28)8-6-12-34-25(30)31/h14-19H,4-13,27-28H2,1-3H3,(H2,29,40)(H,36,43)(H,37,44)(H,38,42)(H,39,41)(H4,30,31,34)(H4,32,33,35)/t15-,16+,17+,18+,19-/m0/s1. The third kappa shape index (κ3) is 17.1. The Bertz CT molecular complexity index is 997. The first-order valence-corrected chi connectivity index (χ1v) is 14.7. The van der Waals surface area contributed by atoms with Crippen LogP contribution >= 0.6 is 0 Å². The Labute approximate surface area is 258 Å². The zero-order valence-corrected chi connectivity index (χ0v) is 26.0. The van der Waals surface area contributed by atoms with Gasteiger partial charge < -0.3 is 61.4 Å². The lowest BCUT2D eigenvalue weighted by Gasteiger charge is -2.27. The van der Waals surface area contributed by atoms with E-state index in [0.717, 1.165) is 0 Å². The van der Waals surface area contributed by atoms with Crippen molar-refractivity contribution in [2.45, 2.75) is 95.9 Å². The molecule has 44 heavy (non-hydrogen) atoms. The topological polar surface area (TPSA) is 340 Å². The second-order valence-electron chi connectivity index (χ2n) is 10.8. The average Bonchev–Trinajstić information content (AvgIpc) is 2.93. The van der Waals surface area contributed by atoms with Gasteiger partial charge in [0, 0.05) is 13.1 Å². The van der Waals surface area contributed by atoms with E-state index in [1.165, 1.54) is 6.92 Å². The molecule has 18 N–H and O–H groups in total. The van der Waals surface area contributed by atoms with Crippen molar-refractivity contribution >= 4 is 41.5 Å². The molecule has 0 rings (SSSR count). The zero-order chi connectivity index (χ0) is 33.8.